The van der Waals surface area contributed by atoms with Crippen molar-refractivity contribution in [2.45, 2.75) is 91.0 Å². The molecular weight excluding hydrogens is 242 g/mol. The van der Waals surface area contributed by atoms with Gasteiger partial charge in [-0.1, -0.05) is 33.6 Å². The fraction of sp³-hybridized carbons (Fsp3) is 1.00. The Morgan fingerprint density at radius 2 is 1.70 bits per heavy atom. The summed E-state index contributed by atoms with van der Waals surface area (Å²) in [7, 11) is 2.18. The normalized spacial score (nSPS) is 47.7. The molecule has 1 nitrogen and oxygen atoms in total. The van der Waals surface area contributed by atoms with E-state index in [9.17, 15) is 0 Å². The Labute approximate surface area is 126 Å². The summed E-state index contributed by atoms with van der Waals surface area (Å²) in [5.74, 6) is 1.05. The first-order valence-corrected chi connectivity index (χ1v) is 9.07. The lowest BCUT2D eigenvalue weighted by molar-refractivity contribution is -0.150. The molecule has 0 radical (unpaired) electrons. The maximum absolute atomic E-state index is 3.64. The Bertz CT molecular complexity index is 343. The highest BCUT2D eigenvalue weighted by atomic mass is 14.9. The van der Waals surface area contributed by atoms with Crippen molar-refractivity contribution >= 4 is 0 Å². The predicted octanol–water partition coefficient (Wildman–Crippen LogP) is 5.15. The molecule has 4 aliphatic rings. The van der Waals surface area contributed by atoms with Gasteiger partial charge in [-0.15, -0.1) is 0 Å². The molecule has 0 spiro atoms. The molecule has 116 valence electrons. The summed E-state index contributed by atoms with van der Waals surface area (Å²) in [5.41, 5.74) is 2.04. The Morgan fingerprint density at radius 1 is 1.05 bits per heavy atom. The first-order valence-electron chi connectivity index (χ1n) is 9.07. The Balaban J connectivity index is 1.75. The van der Waals surface area contributed by atoms with Crippen LogP contribution in [0.1, 0.15) is 85.0 Å². The molecule has 20 heavy (non-hydrogen) atoms. The van der Waals surface area contributed by atoms with Crippen LogP contribution in [0.4, 0.5) is 0 Å². The van der Waals surface area contributed by atoms with Crippen LogP contribution in [0.25, 0.3) is 0 Å². The first kappa shape index (κ1) is 14.9. The predicted molar refractivity (Wildman–Crippen MR) is 86.8 cm³/mol. The molecule has 0 aromatic carbocycles. The lowest BCUT2D eigenvalue weighted by Gasteiger charge is -2.66. The van der Waals surface area contributed by atoms with Gasteiger partial charge in [-0.25, -0.2) is 0 Å². The summed E-state index contributed by atoms with van der Waals surface area (Å²) in [4.78, 5) is 0. The maximum atomic E-state index is 3.64. The van der Waals surface area contributed by atoms with Crippen LogP contribution >= 0.6 is 0 Å². The minimum absolute atomic E-state index is 0.678. The Kier molecular flexibility index (Phi) is 3.72. The molecule has 1 heteroatoms. The zero-order chi connectivity index (χ0) is 14.4. The van der Waals surface area contributed by atoms with Crippen LogP contribution in [0.3, 0.4) is 0 Å². The second-order valence-corrected chi connectivity index (χ2v) is 9.46. The monoisotopic (exact) mass is 277 g/mol. The van der Waals surface area contributed by atoms with Crippen molar-refractivity contribution in [1.82, 2.24) is 5.32 Å². The summed E-state index contributed by atoms with van der Waals surface area (Å²) in [6.07, 6.45) is 14.7. The topological polar surface area (TPSA) is 12.0 Å². The van der Waals surface area contributed by atoms with Gasteiger partial charge in [-0.3, -0.25) is 0 Å². The number of hydrogen-bond acceptors (Lipinski definition) is 1. The zero-order valence-corrected chi connectivity index (χ0v) is 14.2. The fourth-order valence-electron chi connectivity index (χ4n) is 7.23. The molecular formula is C19H35N. The number of nitrogens with one attached hydrogen (secondary N) is 1. The molecule has 4 bridgehead atoms. The minimum atomic E-state index is 0.678. The second-order valence-electron chi connectivity index (χ2n) is 9.46. The Hall–Kier alpha value is -0.0400. The average Bonchev–Trinajstić information content (AvgIpc) is 2.29. The Morgan fingerprint density at radius 3 is 2.20 bits per heavy atom. The number of hydrogen-bond donors (Lipinski definition) is 1. The van der Waals surface area contributed by atoms with Crippen molar-refractivity contribution < 1.29 is 0 Å². The molecule has 0 heterocycles. The smallest absolute Gasteiger partial charge is 0.00693 e. The van der Waals surface area contributed by atoms with Crippen LogP contribution in [-0.4, -0.2) is 13.1 Å². The summed E-state index contributed by atoms with van der Waals surface area (Å²) in [6, 6.07) is 0.762. The molecule has 0 aromatic rings. The van der Waals surface area contributed by atoms with E-state index in [1.165, 1.54) is 57.8 Å². The van der Waals surface area contributed by atoms with Crippen LogP contribution in [0.15, 0.2) is 0 Å². The van der Waals surface area contributed by atoms with Crippen LogP contribution in [0, 0.1) is 22.2 Å². The molecule has 3 unspecified atom stereocenters. The van der Waals surface area contributed by atoms with E-state index in [2.05, 4.69) is 33.1 Å². The average molecular weight is 277 g/mol. The number of unbranched alkanes of at least 4 members (excludes halogenated alkanes) is 1. The lowest BCUT2D eigenvalue weighted by atomic mass is 9.39. The van der Waals surface area contributed by atoms with Gasteiger partial charge in [0, 0.05) is 6.04 Å². The quantitative estimate of drug-likeness (QED) is 0.708. The largest absolute Gasteiger partial charge is 0.317 e. The molecule has 4 aliphatic carbocycles. The van der Waals surface area contributed by atoms with Gasteiger partial charge >= 0.3 is 0 Å². The number of rotatable bonds is 6. The van der Waals surface area contributed by atoms with Crippen LogP contribution in [-0.2, 0) is 0 Å². The molecule has 0 aromatic heterocycles. The van der Waals surface area contributed by atoms with E-state index in [1.807, 2.05) is 0 Å². The minimum Gasteiger partial charge on any atom is -0.317 e. The van der Waals surface area contributed by atoms with Crippen LogP contribution < -0.4 is 5.32 Å². The van der Waals surface area contributed by atoms with E-state index in [1.54, 1.807) is 6.42 Å². The lowest BCUT2D eigenvalue weighted by Crippen LogP contribution is -2.56. The SMILES string of the molecule is CCCCC(CC12CC3CC(C)(CC(C)(C3)C1)C2)NC. The molecule has 0 amide bonds. The highest BCUT2D eigenvalue weighted by Crippen LogP contribution is 2.70. The summed E-state index contributed by atoms with van der Waals surface area (Å²) in [5, 5.41) is 3.64. The first-order chi connectivity index (χ1) is 9.40. The molecule has 0 saturated heterocycles. The van der Waals surface area contributed by atoms with Crippen molar-refractivity contribution in [2.24, 2.45) is 22.2 Å². The van der Waals surface area contributed by atoms with Crippen molar-refractivity contribution in [2.75, 3.05) is 7.05 Å². The summed E-state index contributed by atoms with van der Waals surface area (Å²) < 4.78 is 0. The van der Waals surface area contributed by atoms with Crippen molar-refractivity contribution in [3.8, 4) is 0 Å². The second kappa shape index (κ2) is 5.00. The van der Waals surface area contributed by atoms with Gasteiger partial charge in [-0.05, 0) is 80.6 Å². The third-order valence-electron chi connectivity index (χ3n) is 6.74. The van der Waals surface area contributed by atoms with Gasteiger partial charge < -0.3 is 5.32 Å². The van der Waals surface area contributed by atoms with Crippen molar-refractivity contribution in [1.29, 1.82) is 0 Å². The van der Waals surface area contributed by atoms with Gasteiger partial charge in [-0.2, -0.15) is 0 Å². The van der Waals surface area contributed by atoms with Gasteiger partial charge in [0.2, 0.25) is 0 Å². The van der Waals surface area contributed by atoms with Gasteiger partial charge in [0.1, 0.15) is 0 Å². The van der Waals surface area contributed by atoms with Gasteiger partial charge in [0.05, 0.1) is 0 Å². The molecule has 4 fully saturated rings. The van der Waals surface area contributed by atoms with E-state index >= 15 is 0 Å². The van der Waals surface area contributed by atoms with E-state index in [4.69, 9.17) is 0 Å². The zero-order valence-electron chi connectivity index (χ0n) is 14.2. The van der Waals surface area contributed by atoms with Crippen molar-refractivity contribution in [3.63, 3.8) is 0 Å². The van der Waals surface area contributed by atoms with Gasteiger partial charge in [0.25, 0.3) is 0 Å². The van der Waals surface area contributed by atoms with E-state index in [-0.39, 0.29) is 0 Å². The highest BCUT2D eigenvalue weighted by molar-refractivity contribution is 5.10. The van der Waals surface area contributed by atoms with Gasteiger partial charge in [0.15, 0.2) is 0 Å². The van der Waals surface area contributed by atoms with E-state index in [0.29, 0.717) is 16.2 Å². The third-order valence-corrected chi connectivity index (χ3v) is 6.74. The van der Waals surface area contributed by atoms with Crippen molar-refractivity contribution in [3.05, 3.63) is 0 Å². The molecule has 3 atom stereocenters. The fourth-order valence-corrected chi connectivity index (χ4v) is 7.23. The maximum Gasteiger partial charge on any atom is 0.00693 e. The molecule has 1 N–H and O–H groups in total. The standard InChI is InChI=1S/C19H35N/c1-5-6-7-16(20-4)11-19-10-15-8-17(2,13-19)12-18(3,9-15)14-19/h15-16,20H,5-14H2,1-4H3. The third kappa shape index (κ3) is 2.67. The molecule has 4 rings (SSSR count). The molecule has 0 aliphatic heterocycles. The van der Waals surface area contributed by atoms with Crippen LogP contribution in [0.5, 0.6) is 0 Å². The van der Waals surface area contributed by atoms with E-state index < -0.39 is 0 Å². The van der Waals surface area contributed by atoms with Crippen LogP contribution in [0.2, 0.25) is 0 Å². The summed E-state index contributed by atoms with van der Waals surface area (Å²) >= 11 is 0. The van der Waals surface area contributed by atoms with E-state index in [0.717, 1.165) is 12.0 Å². The molecule has 4 saturated carbocycles. The highest BCUT2D eigenvalue weighted by Gasteiger charge is 2.59. The summed E-state index contributed by atoms with van der Waals surface area (Å²) in [6.45, 7) is 7.52.